The number of hydrogen-bond acceptors (Lipinski definition) is 8. The van der Waals surface area contributed by atoms with E-state index < -0.39 is 24.7 Å². The Balaban J connectivity index is 1.71. The van der Waals surface area contributed by atoms with Gasteiger partial charge in [-0.2, -0.15) is 5.06 Å². The van der Waals surface area contributed by atoms with Crippen molar-refractivity contribution >= 4 is 23.3 Å². The summed E-state index contributed by atoms with van der Waals surface area (Å²) in [4.78, 5) is 47.8. The summed E-state index contributed by atoms with van der Waals surface area (Å²) in [7, 11) is 7.00. The van der Waals surface area contributed by atoms with Crippen molar-refractivity contribution in [1.82, 2.24) is 15.7 Å². The summed E-state index contributed by atoms with van der Waals surface area (Å²) in [6.45, 7) is 12.4. The quantitative estimate of drug-likeness (QED) is 0.353. The topological polar surface area (TPSA) is 120 Å². The summed E-state index contributed by atoms with van der Waals surface area (Å²) >= 11 is 0. The van der Waals surface area contributed by atoms with Crippen molar-refractivity contribution in [1.29, 1.82) is 0 Å². The molecule has 2 aromatic rings. The second kappa shape index (κ2) is 14.1. The number of nitrogens with one attached hydrogen (secondary N) is 2. The van der Waals surface area contributed by atoms with Crippen molar-refractivity contribution in [2.75, 3.05) is 39.8 Å². The Hall–Kier alpha value is -3.47. The summed E-state index contributed by atoms with van der Waals surface area (Å²) in [5.74, 6) is 0.0381. The number of carbonyl (C=O) groups is 3. The number of benzene rings is 2. The molecule has 2 fully saturated rings. The molecular weight excluding hydrogens is 584 g/mol. The normalized spacial score (nSPS) is 27.6. The van der Waals surface area contributed by atoms with Crippen LogP contribution < -0.4 is 20.3 Å². The van der Waals surface area contributed by atoms with Crippen LogP contribution in [0.5, 0.6) is 5.75 Å². The highest BCUT2D eigenvalue weighted by molar-refractivity contribution is 5.97. The molecule has 10 heteroatoms. The van der Waals surface area contributed by atoms with Gasteiger partial charge in [-0.1, -0.05) is 52.8 Å². The van der Waals surface area contributed by atoms with E-state index in [2.05, 4.69) is 45.3 Å². The van der Waals surface area contributed by atoms with Crippen LogP contribution in [0, 0.1) is 29.1 Å². The molecule has 2 amide bonds. The maximum absolute atomic E-state index is 14.1. The SMILES string of the molecule is CNC(=O)c1cc(-c2cccc(CN3O[C@@H](CO)[C@@H](C(C)=O)[C@H]3C(=O)N[C@H]3C[C@@H](C)C(C)(C)[C@@H](C)[C@@H]3C)c2OC)cc(N(C)C)c1. The van der Waals surface area contributed by atoms with Gasteiger partial charge in [-0.15, -0.1) is 0 Å². The number of ketones is 1. The molecule has 1 saturated carbocycles. The van der Waals surface area contributed by atoms with E-state index in [4.69, 9.17) is 9.57 Å². The number of anilines is 1. The van der Waals surface area contributed by atoms with Crippen LogP contribution in [0.3, 0.4) is 0 Å². The van der Waals surface area contributed by atoms with Crippen molar-refractivity contribution in [3.8, 4) is 16.9 Å². The molecule has 2 aromatic carbocycles. The molecule has 0 aromatic heterocycles. The van der Waals surface area contributed by atoms with Crippen molar-refractivity contribution in [3.63, 3.8) is 0 Å². The average Bonchev–Trinajstić information content (AvgIpc) is 3.40. The Morgan fingerprint density at radius 3 is 2.41 bits per heavy atom. The van der Waals surface area contributed by atoms with Crippen LogP contribution in [0.25, 0.3) is 11.1 Å². The Kier molecular flexibility index (Phi) is 10.9. The first-order chi connectivity index (χ1) is 21.7. The first kappa shape index (κ1) is 35.4. The predicted octanol–water partition coefficient (Wildman–Crippen LogP) is 4.29. The minimum atomic E-state index is -0.937. The lowest BCUT2D eigenvalue weighted by Gasteiger charge is -2.50. The fourth-order valence-corrected chi connectivity index (χ4v) is 7.23. The fourth-order valence-electron chi connectivity index (χ4n) is 7.23. The van der Waals surface area contributed by atoms with Gasteiger partial charge in [0.2, 0.25) is 5.91 Å². The monoisotopic (exact) mass is 636 g/mol. The van der Waals surface area contributed by atoms with Crippen LogP contribution in [0.4, 0.5) is 5.69 Å². The summed E-state index contributed by atoms with van der Waals surface area (Å²) in [6.07, 6.45) is -0.0128. The van der Waals surface area contributed by atoms with Crippen LogP contribution in [-0.2, 0) is 21.0 Å². The molecule has 10 nitrogen and oxygen atoms in total. The van der Waals surface area contributed by atoms with Crippen molar-refractivity contribution < 1.29 is 29.1 Å². The highest BCUT2D eigenvalue weighted by atomic mass is 16.7. The van der Waals surface area contributed by atoms with E-state index in [-0.39, 0.29) is 41.5 Å². The Morgan fingerprint density at radius 1 is 1.13 bits per heavy atom. The molecule has 3 N–H and O–H groups in total. The second-order valence-electron chi connectivity index (χ2n) is 13.9. The standard InChI is InChI=1S/C36H52N4O6/c1-20-14-29(21(2)22(3)36(20,5)6)38-35(44)32-31(23(4)42)30(19-41)46-40(32)18-24-12-11-13-28(33(24)45-10)25-15-26(34(43)37-7)17-27(16-25)39(8)9/h11-13,15-17,20-22,29-32,41H,14,18-19H2,1-10H3,(H,37,43)(H,38,44)/t20-,21+,22+,29+,30+,31-,32+/m1/s1. The van der Waals surface area contributed by atoms with Gasteiger partial charge in [0.15, 0.2) is 0 Å². The van der Waals surface area contributed by atoms with E-state index in [9.17, 15) is 19.5 Å². The maximum atomic E-state index is 14.1. The van der Waals surface area contributed by atoms with Crippen LogP contribution in [0.2, 0.25) is 0 Å². The largest absolute Gasteiger partial charge is 0.496 e. The lowest BCUT2D eigenvalue weighted by Crippen LogP contribution is -2.56. The molecule has 0 unspecified atom stereocenters. The summed E-state index contributed by atoms with van der Waals surface area (Å²) in [5.41, 5.74) is 3.77. The zero-order valence-corrected chi connectivity index (χ0v) is 29.0. The first-order valence-corrected chi connectivity index (χ1v) is 16.2. The number of methoxy groups -OCH3 is 1. The fraction of sp³-hybridized carbons (Fsp3) is 0.583. The number of hydroxylamine groups is 2. The molecule has 0 bridgehead atoms. The predicted molar refractivity (Wildman–Crippen MR) is 179 cm³/mol. The second-order valence-corrected chi connectivity index (χ2v) is 13.9. The Morgan fingerprint density at radius 2 is 1.83 bits per heavy atom. The van der Waals surface area contributed by atoms with Crippen molar-refractivity contribution in [2.24, 2.45) is 29.1 Å². The zero-order valence-electron chi connectivity index (χ0n) is 29.0. The number of amides is 2. The average molecular weight is 637 g/mol. The van der Waals surface area contributed by atoms with Crippen LogP contribution >= 0.6 is 0 Å². The maximum Gasteiger partial charge on any atom is 0.251 e. The van der Waals surface area contributed by atoms with Crippen LogP contribution in [0.15, 0.2) is 36.4 Å². The summed E-state index contributed by atoms with van der Waals surface area (Å²) in [6, 6.07) is 10.3. The zero-order chi connectivity index (χ0) is 34.1. The minimum absolute atomic E-state index is 0.0514. The third-order valence-electron chi connectivity index (χ3n) is 10.9. The third kappa shape index (κ3) is 6.80. The van der Waals surface area contributed by atoms with E-state index in [0.717, 1.165) is 28.8 Å². The number of para-hydroxylation sites is 1. The molecule has 0 spiro atoms. The molecule has 2 aliphatic rings. The van der Waals surface area contributed by atoms with Gasteiger partial charge in [0.25, 0.3) is 5.91 Å². The van der Waals surface area contributed by atoms with Gasteiger partial charge in [-0.05, 0) is 60.3 Å². The highest BCUT2D eigenvalue weighted by Crippen LogP contribution is 2.47. The molecular formula is C36H52N4O6. The molecule has 1 saturated heterocycles. The Bertz CT molecular complexity index is 1440. The highest BCUT2D eigenvalue weighted by Gasteiger charge is 2.51. The number of nitrogens with zero attached hydrogens (tertiary/aromatic N) is 2. The lowest BCUT2D eigenvalue weighted by molar-refractivity contribution is -0.182. The molecule has 46 heavy (non-hydrogen) atoms. The third-order valence-corrected chi connectivity index (χ3v) is 10.9. The van der Waals surface area contributed by atoms with Gasteiger partial charge in [-0.3, -0.25) is 19.2 Å². The van der Waals surface area contributed by atoms with Crippen LogP contribution in [-0.4, -0.2) is 80.8 Å². The van der Waals surface area contributed by atoms with E-state index in [0.29, 0.717) is 23.1 Å². The van der Waals surface area contributed by atoms with Crippen LogP contribution in [0.1, 0.15) is 63.9 Å². The van der Waals surface area contributed by atoms with Gasteiger partial charge < -0.3 is 25.4 Å². The molecule has 1 aliphatic carbocycles. The molecule has 252 valence electrons. The summed E-state index contributed by atoms with van der Waals surface area (Å²) in [5, 5.41) is 17.7. The number of Topliss-reactive ketones (excluding diaryl/α,β-unsaturated/α-hetero) is 1. The number of rotatable bonds is 10. The summed E-state index contributed by atoms with van der Waals surface area (Å²) < 4.78 is 5.96. The first-order valence-electron chi connectivity index (χ1n) is 16.2. The van der Waals surface area contributed by atoms with E-state index in [1.54, 1.807) is 14.2 Å². The van der Waals surface area contributed by atoms with Gasteiger partial charge in [0.05, 0.1) is 26.2 Å². The minimum Gasteiger partial charge on any atom is -0.496 e. The number of carbonyl (C=O) groups excluding carboxylic acids is 3. The van der Waals surface area contributed by atoms with Gasteiger partial charge >= 0.3 is 0 Å². The number of aliphatic hydroxyl groups is 1. The van der Waals surface area contributed by atoms with E-state index >= 15 is 0 Å². The van der Waals surface area contributed by atoms with Crippen molar-refractivity contribution in [2.45, 2.75) is 72.7 Å². The molecule has 7 atom stereocenters. The smallest absolute Gasteiger partial charge is 0.251 e. The Labute approximate surface area is 273 Å². The van der Waals surface area contributed by atoms with Gasteiger partial charge in [0, 0.05) is 49.6 Å². The molecule has 1 aliphatic heterocycles. The van der Waals surface area contributed by atoms with E-state index in [1.165, 1.54) is 12.0 Å². The number of hydrogen-bond donors (Lipinski definition) is 3. The number of aliphatic hydroxyl groups excluding tert-OH is 1. The molecule has 1 heterocycles. The van der Waals surface area contributed by atoms with E-state index in [1.807, 2.05) is 55.4 Å². The molecule has 0 radical (unpaired) electrons. The number of ether oxygens (including phenoxy) is 1. The lowest BCUT2D eigenvalue weighted by atomic mass is 9.58. The van der Waals surface area contributed by atoms with Crippen molar-refractivity contribution in [3.05, 3.63) is 47.5 Å². The molecule has 4 rings (SSSR count). The van der Waals surface area contributed by atoms with Gasteiger partial charge in [-0.25, -0.2) is 0 Å². The van der Waals surface area contributed by atoms with Gasteiger partial charge in [0.1, 0.15) is 23.7 Å².